The largest absolute Gasteiger partial charge is 0.315 e. The summed E-state index contributed by atoms with van der Waals surface area (Å²) in [5.74, 6) is 0.0864. The second kappa shape index (κ2) is 9.15. The van der Waals surface area contributed by atoms with E-state index in [1.165, 1.54) is 0 Å². The van der Waals surface area contributed by atoms with Crippen molar-refractivity contribution in [2.24, 2.45) is 5.41 Å². The van der Waals surface area contributed by atoms with Crippen molar-refractivity contribution in [3.8, 4) is 0 Å². The van der Waals surface area contributed by atoms with Gasteiger partial charge in [-0.25, -0.2) is 0 Å². The molecule has 0 fully saturated rings. The maximum Gasteiger partial charge on any atom is 0.138 e. The fraction of sp³-hybridized carbons (Fsp3) is 0.588. The van der Waals surface area contributed by atoms with Crippen molar-refractivity contribution in [2.75, 3.05) is 13.1 Å². The molecular weight excluding hydrogens is 270 g/mol. The quantitative estimate of drug-likeness (QED) is 0.855. The molecule has 1 rings (SSSR count). The SMILES string of the molecule is CC.CC(=O)C(CNCC(C)(C)C)c1ccc(Cl)cc1. The van der Waals surface area contributed by atoms with E-state index in [9.17, 15) is 4.79 Å². The van der Waals surface area contributed by atoms with E-state index in [0.29, 0.717) is 11.6 Å². The molecule has 1 N–H and O–H groups in total. The van der Waals surface area contributed by atoms with Gasteiger partial charge >= 0.3 is 0 Å². The van der Waals surface area contributed by atoms with Crippen molar-refractivity contribution in [3.63, 3.8) is 0 Å². The summed E-state index contributed by atoms with van der Waals surface area (Å²) in [6.45, 7) is 13.7. The van der Waals surface area contributed by atoms with Gasteiger partial charge in [-0.05, 0) is 30.0 Å². The van der Waals surface area contributed by atoms with Gasteiger partial charge < -0.3 is 5.32 Å². The summed E-state index contributed by atoms with van der Waals surface area (Å²) in [4.78, 5) is 11.7. The Hall–Kier alpha value is -0.860. The second-order valence-electron chi connectivity index (χ2n) is 5.91. The Morgan fingerprint density at radius 3 is 2.10 bits per heavy atom. The Kier molecular flexibility index (Phi) is 8.75. The zero-order chi connectivity index (χ0) is 15.8. The lowest BCUT2D eigenvalue weighted by molar-refractivity contribution is -0.118. The molecule has 0 heterocycles. The lowest BCUT2D eigenvalue weighted by atomic mass is 9.93. The minimum atomic E-state index is -0.0929. The molecule has 0 radical (unpaired) electrons. The average Bonchev–Trinajstić information content (AvgIpc) is 2.37. The molecule has 0 spiro atoms. The Morgan fingerprint density at radius 2 is 1.70 bits per heavy atom. The summed E-state index contributed by atoms with van der Waals surface area (Å²) in [7, 11) is 0. The van der Waals surface area contributed by atoms with E-state index in [1.54, 1.807) is 6.92 Å². The molecule has 0 aliphatic heterocycles. The number of hydrogen-bond donors (Lipinski definition) is 1. The lowest BCUT2D eigenvalue weighted by Crippen LogP contribution is -2.32. The zero-order valence-electron chi connectivity index (χ0n) is 13.6. The van der Waals surface area contributed by atoms with Gasteiger partial charge in [0.05, 0.1) is 5.92 Å². The van der Waals surface area contributed by atoms with Crippen LogP contribution in [0.5, 0.6) is 0 Å². The van der Waals surface area contributed by atoms with Gasteiger partial charge in [-0.2, -0.15) is 0 Å². The third kappa shape index (κ3) is 7.66. The molecule has 20 heavy (non-hydrogen) atoms. The van der Waals surface area contributed by atoms with Gasteiger partial charge in [0.1, 0.15) is 5.78 Å². The standard InChI is InChI=1S/C15H22ClNO.C2H6/c1-11(18)14(9-17-10-15(2,3)4)12-5-7-13(16)8-6-12;1-2/h5-8,14,17H,9-10H2,1-4H3;1-2H3. The normalized spacial score (nSPS) is 12.3. The summed E-state index contributed by atoms with van der Waals surface area (Å²) >= 11 is 5.86. The van der Waals surface area contributed by atoms with E-state index >= 15 is 0 Å². The molecule has 1 atom stereocenters. The minimum Gasteiger partial charge on any atom is -0.315 e. The highest BCUT2D eigenvalue weighted by Crippen LogP contribution is 2.19. The molecular formula is C17H28ClNO. The van der Waals surface area contributed by atoms with Crippen LogP contribution in [-0.4, -0.2) is 18.9 Å². The first-order chi connectivity index (χ1) is 9.29. The third-order valence-corrected chi connectivity index (χ3v) is 3.02. The Labute approximate surface area is 128 Å². The first-order valence-electron chi connectivity index (χ1n) is 7.26. The van der Waals surface area contributed by atoms with E-state index in [-0.39, 0.29) is 17.1 Å². The molecule has 1 unspecified atom stereocenters. The van der Waals surface area contributed by atoms with E-state index in [2.05, 4.69) is 26.1 Å². The topological polar surface area (TPSA) is 29.1 Å². The van der Waals surface area contributed by atoms with Crippen molar-refractivity contribution >= 4 is 17.4 Å². The van der Waals surface area contributed by atoms with Crippen LogP contribution in [-0.2, 0) is 4.79 Å². The maximum absolute atomic E-state index is 11.7. The molecule has 0 bridgehead atoms. The zero-order valence-corrected chi connectivity index (χ0v) is 14.3. The molecule has 1 aromatic carbocycles. The van der Waals surface area contributed by atoms with Crippen molar-refractivity contribution in [3.05, 3.63) is 34.9 Å². The van der Waals surface area contributed by atoms with Gasteiger partial charge in [-0.3, -0.25) is 4.79 Å². The van der Waals surface area contributed by atoms with Gasteiger partial charge in [0.2, 0.25) is 0 Å². The molecule has 0 saturated carbocycles. The van der Waals surface area contributed by atoms with Gasteiger partial charge in [-0.1, -0.05) is 58.4 Å². The predicted molar refractivity (Wildman–Crippen MR) is 88.5 cm³/mol. The van der Waals surface area contributed by atoms with E-state index < -0.39 is 0 Å². The summed E-state index contributed by atoms with van der Waals surface area (Å²) in [5, 5.41) is 4.06. The van der Waals surface area contributed by atoms with Crippen LogP contribution in [0.2, 0.25) is 5.02 Å². The minimum absolute atomic E-state index is 0.0929. The Morgan fingerprint density at radius 1 is 1.20 bits per heavy atom. The fourth-order valence-corrected chi connectivity index (χ4v) is 1.91. The van der Waals surface area contributed by atoms with Crippen LogP contribution < -0.4 is 5.32 Å². The number of Topliss-reactive ketones (excluding diaryl/α,β-unsaturated/α-hetero) is 1. The average molecular weight is 298 g/mol. The van der Waals surface area contributed by atoms with Gasteiger partial charge in [0, 0.05) is 18.1 Å². The van der Waals surface area contributed by atoms with Crippen LogP contribution in [0.15, 0.2) is 24.3 Å². The number of ketones is 1. The number of nitrogens with one attached hydrogen (secondary N) is 1. The van der Waals surface area contributed by atoms with Gasteiger partial charge in [0.15, 0.2) is 0 Å². The van der Waals surface area contributed by atoms with Crippen LogP contribution >= 0.6 is 11.6 Å². The molecule has 3 heteroatoms. The van der Waals surface area contributed by atoms with Crippen LogP contribution in [0, 0.1) is 5.41 Å². The van der Waals surface area contributed by atoms with E-state index in [1.807, 2.05) is 38.1 Å². The van der Waals surface area contributed by atoms with Crippen LogP contribution in [0.1, 0.15) is 53.0 Å². The number of hydrogen-bond acceptors (Lipinski definition) is 2. The van der Waals surface area contributed by atoms with Crippen molar-refractivity contribution < 1.29 is 4.79 Å². The predicted octanol–water partition coefficient (Wildman–Crippen LogP) is 4.67. The summed E-state index contributed by atoms with van der Waals surface area (Å²) in [6, 6.07) is 7.51. The summed E-state index contributed by atoms with van der Waals surface area (Å²) < 4.78 is 0. The highest BCUT2D eigenvalue weighted by molar-refractivity contribution is 6.30. The molecule has 1 aromatic rings. The number of benzene rings is 1. The highest BCUT2D eigenvalue weighted by Gasteiger charge is 2.17. The van der Waals surface area contributed by atoms with Crippen LogP contribution in [0.3, 0.4) is 0 Å². The Balaban J connectivity index is 0.00000172. The first-order valence-corrected chi connectivity index (χ1v) is 7.64. The first kappa shape index (κ1) is 19.1. The highest BCUT2D eigenvalue weighted by atomic mass is 35.5. The second-order valence-corrected chi connectivity index (χ2v) is 6.34. The third-order valence-electron chi connectivity index (χ3n) is 2.77. The summed E-state index contributed by atoms with van der Waals surface area (Å²) in [6.07, 6.45) is 0. The van der Waals surface area contributed by atoms with E-state index in [0.717, 1.165) is 12.1 Å². The molecule has 0 aliphatic carbocycles. The molecule has 0 saturated heterocycles. The number of rotatable bonds is 5. The van der Waals surface area contributed by atoms with Crippen molar-refractivity contribution in [2.45, 2.75) is 47.5 Å². The number of halogens is 1. The molecule has 2 nitrogen and oxygen atoms in total. The molecule has 114 valence electrons. The number of carbonyl (C=O) groups excluding carboxylic acids is 1. The van der Waals surface area contributed by atoms with Crippen LogP contribution in [0.25, 0.3) is 0 Å². The van der Waals surface area contributed by atoms with Crippen molar-refractivity contribution in [1.82, 2.24) is 5.32 Å². The monoisotopic (exact) mass is 297 g/mol. The van der Waals surface area contributed by atoms with Gasteiger partial charge in [0.25, 0.3) is 0 Å². The molecule has 0 aliphatic rings. The maximum atomic E-state index is 11.7. The smallest absolute Gasteiger partial charge is 0.138 e. The molecule has 0 amide bonds. The van der Waals surface area contributed by atoms with E-state index in [4.69, 9.17) is 11.6 Å². The molecule has 0 aromatic heterocycles. The Bertz CT molecular complexity index is 392. The fourth-order valence-electron chi connectivity index (χ4n) is 1.78. The van der Waals surface area contributed by atoms with Crippen LogP contribution in [0.4, 0.5) is 0 Å². The lowest BCUT2D eigenvalue weighted by Gasteiger charge is -2.21. The van der Waals surface area contributed by atoms with Gasteiger partial charge in [-0.15, -0.1) is 0 Å². The summed E-state index contributed by atoms with van der Waals surface area (Å²) in [5.41, 5.74) is 1.25. The van der Waals surface area contributed by atoms with Crippen molar-refractivity contribution in [1.29, 1.82) is 0 Å². The number of carbonyl (C=O) groups is 1.